The monoisotopic (exact) mass is 230 g/mol. The topological polar surface area (TPSA) is 17.3 Å². The van der Waals surface area contributed by atoms with Crippen molar-refractivity contribution < 1.29 is 0 Å². The lowest BCUT2D eigenvalue weighted by Gasteiger charge is -1.96. The Morgan fingerprint density at radius 1 is 1.55 bits per heavy atom. The number of halogens is 2. The van der Waals surface area contributed by atoms with E-state index in [0.29, 0.717) is 5.02 Å². The number of aromatic nitrogens is 2. The summed E-state index contributed by atoms with van der Waals surface area (Å²) in [6.45, 7) is 0. The van der Waals surface area contributed by atoms with Crippen LogP contribution in [0, 0.1) is 0 Å². The molecule has 0 amide bonds. The van der Waals surface area contributed by atoms with E-state index < -0.39 is 0 Å². The number of fused-ring (bicyclic) bond motifs is 1. The SMILES string of the molecule is Clc1cc(Br)cn2cncc12. The van der Waals surface area contributed by atoms with Crippen LogP contribution in [0.2, 0.25) is 5.02 Å². The molecule has 0 saturated carbocycles. The van der Waals surface area contributed by atoms with E-state index >= 15 is 0 Å². The summed E-state index contributed by atoms with van der Waals surface area (Å²) in [4.78, 5) is 3.96. The lowest BCUT2D eigenvalue weighted by atomic mass is 10.4. The maximum atomic E-state index is 5.91. The first-order chi connectivity index (χ1) is 5.27. The Morgan fingerprint density at radius 2 is 2.36 bits per heavy atom. The van der Waals surface area contributed by atoms with Crippen molar-refractivity contribution in [3.8, 4) is 0 Å². The Hall–Kier alpha value is -0.540. The molecule has 0 aliphatic rings. The third kappa shape index (κ3) is 1.14. The van der Waals surface area contributed by atoms with Gasteiger partial charge in [-0.05, 0) is 22.0 Å². The highest BCUT2D eigenvalue weighted by molar-refractivity contribution is 9.10. The molecule has 4 heteroatoms. The second kappa shape index (κ2) is 2.50. The average molecular weight is 231 g/mol. The zero-order chi connectivity index (χ0) is 7.84. The van der Waals surface area contributed by atoms with Crippen molar-refractivity contribution in [1.82, 2.24) is 9.38 Å². The molecule has 0 spiro atoms. The normalized spacial score (nSPS) is 10.7. The van der Waals surface area contributed by atoms with Crippen molar-refractivity contribution in [2.45, 2.75) is 0 Å². The van der Waals surface area contributed by atoms with Crippen LogP contribution in [0.25, 0.3) is 5.52 Å². The first-order valence-corrected chi connectivity index (χ1v) is 4.21. The molecular formula is C7H4BrClN2. The van der Waals surface area contributed by atoms with Gasteiger partial charge in [0.2, 0.25) is 0 Å². The quantitative estimate of drug-likeness (QED) is 0.681. The van der Waals surface area contributed by atoms with Gasteiger partial charge in [0.1, 0.15) is 0 Å². The standard InChI is InChI=1S/C7H4BrClN2/c8-5-1-6(9)7-2-10-4-11(7)3-5/h1-4H. The third-order valence-electron chi connectivity index (χ3n) is 1.44. The summed E-state index contributed by atoms with van der Waals surface area (Å²) in [6.07, 6.45) is 5.36. The second-order valence-corrected chi connectivity index (χ2v) is 3.52. The van der Waals surface area contributed by atoms with Crippen molar-refractivity contribution in [2.75, 3.05) is 0 Å². The van der Waals surface area contributed by atoms with Gasteiger partial charge in [-0.2, -0.15) is 0 Å². The van der Waals surface area contributed by atoms with Gasteiger partial charge in [-0.1, -0.05) is 11.6 Å². The maximum absolute atomic E-state index is 5.91. The molecule has 0 N–H and O–H groups in total. The van der Waals surface area contributed by atoms with Crippen LogP contribution in [-0.4, -0.2) is 9.38 Å². The van der Waals surface area contributed by atoms with Crippen LogP contribution < -0.4 is 0 Å². The number of nitrogens with zero attached hydrogens (tertiary/aromatic N) is 2. The number of hydrogen-bond donors (Lipinski definition) is 0. The predicted octanol–water partition coefficient (Wildman–Crippen LogP) is 2.75. The largest absolute Gasteiger partial charge is 0.304 e. The molecule has 2 aromatic rings. The number of imidazole rings is 1. The van der Waals surface area contributed by atoms with E-state index in [0.717, 1.165) is 9.99 Å². The Morgan fingerprint density at radius 3 is 3.18 bits per heavy atom. The van der Waals surface area contributed by atoms with E-state index in [1.807, 2.05) is 16.7 Å². The molecule has 56 valence electrons. The minimum absolute atomic E-state index is 0.705. The van der Waals surface area contributed by atoms with Gasteiger partial charge in [0.05, 0.1) is 23.1 Å². The van der Waals surface area contributed by atoms with Gasteiger partial charge >= 0.3 is 0 Å². The lowest BCUT2D eigenvalue weighted by Crippen LogP contribution is -1.81. The predicted molar refractivity (Wildman–Crippen MR) is 47.9 cm³/mol. The Labute approximate surface area is 76.9 Å². The van der Waals surface area contributed by atoms with Crippen LogP contribution >= 0.6 is 27.5 Å². The van der Waals surface area contributed by atoms with Gasteiger partial charge in [-0.25, -0.2) is 4.98 Å². The molecule has 0 fully saturated rings. The Bertz CT molecular complexity index is 396. The Kier molecular flexibility index (Phi) is 1.62. The smallest absolute Gasteiger partial charge is 0.0992 e. The van der Waals surface area contributed by atoms with Crippen molar-refractivity contribution in [3.05, 3.63) is 34.3 Å². The van der Waals surface area contributed by atoms with Crippen molar-refractivity contribution in [2.24, 2.45) is 0 Å². The van der Waals surface area contributed by atoms with Crippen molar-refractivity contribution in [1.29, 1.82) is 0 Å². The van der Waals surface area contributed by atoms with Gasteiger partial charge in [0.15, 0.2) is 0 Å². The van der Waals surface area contributed by atoms with Gasteiger partial charge < -0.3 is 4.40 Å². The molecule has 0 aliphatic carbocycles. The van der Waals surface area contributed by atoms with E-state index in [9.17, 15) is 0 Å². The van der Waals surface area contributed by atoms with Crippen LogP contribution in [0.1, 0.15) is 0 Å². The highest BCUT2D eigenvalue weighted by atomic mass is 79.9. The fourth-order valence-electron chi connectivity index (χ4n) is 0.958. The molecule has 0 bridgehead atoms. The molecule has 2 nitrogen and oxygen atoms in total. The van der Waals surface area contributed by atoms with Crippen LogP contribution in [0.5, 0.6) is 0 Å². The zero-order valence-corrected chi connectivity index (χ0v) is 7.80. The van der Waals surface area contributed by atoms with Gasteiger partial charge in [-0.15, -0.1) is 0 Å². The average Bonchev–Trinajstić information content (AvgIpc) is 2.34. The third-order valence-corrected chi connectivity index (χ3v) is 2.17. The first-order valence-electron chi connectivity index (χ1n) is 3.04. The molecule has 0 aromatic carbocycles. The summed E-state index contributed by atoms with van der Waals surface area (Å²) >= 11 is 9.25. The number of rotatable bonds is 0. The summed E-state index contributed by atoms with van der Waals surface area (Å²) in [5.41, 5.74) is 0.926. The van der Waals surface area contributed by atoms with Crippen LogP contribution in [-0.2, 0) is 0 Å². The van der Waals surface area contributed by atoms with Crippen molar-refractivity contribution >= 4 is 33.0 Å². The second-order valence-electron chi connectivity index (χ2n) is 2.19. The Balaban J connectivity index is 2.91. The molecule has 2 aromatic heterocycles. The van der Waals surface area contributed by atoms with Gasteiger partial charge in [-0.3, -0.25) is 0 Å². The van der Waals surface area contributed by atoms with Crippen LogP contribution in [0.3, 0.4) is 0 Å². The summed E-state index contributed by atoms with van der Waals surface area (Å²) in [6, 6.07) is 1.85. The fraction of sp³-hybridized carbons (Fsp3) is 0. The highest BCUT2D eigenvalue weighted by Crippen LogP contribution is 2.21. The van der Waals surface area contributed by atoms with Gasteiger partial charge in [0, 0.05) is 10.7 Å². The molecule has 0 atom stereocenters. The number of pyridine rings is 1. The first kappa shape index (κ1) is 7.13. The van der Waals surface area contributed by atoms with Crippen LogP contribution in [0.15, 0.2) is 29.3 Å². The summed E-state index contributed by atoms with van der Waals surface area (Å²) < 4.78 is 2.82. The summed E-state index contributed by atoms with van der Waals surface area (Å²) in [5, 5.41) is 0.705. The van der Waals surface area contributed by atoms with E-state index in [4.69, 9.17) is 11.6 Å². The molecule has 0 saturated heterocycles. The molecule has 2 heterocycles. The van der Waals surface area contributed by atoms with E-state index in [-0.39, 0.29) is 0 Å². The fourth-order valence-corrected chi connectivity index (χ4v) is 1.80. The maximum Gasteiger partial charge on any atom is 0.0992 e. The van der Waals surface area contributed by atoms with Crippen molar-refractivity contribution in [3.63, 3.8) is 0 Å². The molecule has 0 radical (unpaired) electrons. The minimum atomic E-state index is 0.705. The molecule has 0 aliphatic heterocycles. The molecule has 2 rings (SSSR count). The summed E-state index contributed by atoms with van der Waals surface area (Å²) in [7, 11) is 0. The molecule has 0 unspecified atom stereocenters. The number of hydrogen-bond acceptors (Lipinski definition) is 1. The van der Waals surface area contributed by atoms with E-state index in [2.05, 4.69) is 20.9 Å². The van der Waals surface area contributed by atoms with Gasteiger partial charge in [0.25, 0.3) is 0 Å². The van der Waals surface area contributed by atoms with Crippen LogP contribution in [0.4, 0.5) is 0 Å². The molecule has 11 heavy (non-hydrogen) atoms. The van der Waals surface area contributed by atoms with E-state index in [1.165, 1.54) is 0 Å². The summed E-state index contributed by atoms with van der Waals surface area (Å²) in [5.74, 6) is 0. The minimum Gasteiger partial charge on any atom is -0.304 e. The molecular weight excluding hydrogens is 227 g/mol. The zero-order valence-electron chi connectivity index (χ0n) is 5.46. The van der Waals surface area contributed by atoms with E-state index in [1.54, 1.807) is 12.5 Å². The lowest BCUT2D eigenvalue weighted by molar-refractivity contribution is 1.15. The highest BCUT2D eigenvalue weighted by Gasteiger charge is 1.99.